The van der Waals surface area contributed by atoms with Crippen LogP contribution in [-0.4, -0.2) is 48.3 Å². The summed E-state index contributed by atoms with van der Waals surface area (Å²) in [5, 5.41) is 9.97. The number of fused-ring (bicyclic) bond motifs is 1. The maximum atomic E-state index is 14.9. The number of carbonyl (C=O) groups excluding carboxylic acids is 1. The monoisotopic (exact) mass is 532 g/mol. The van der Waals surface area contributed by atoms with Gasteiger partial charge in [-0.1, -0.05) is 18.2 Å². The highest BCUT2D eigenvalue weighted by atomic mass is 32.2. The van der Waals surface area contributed by atoms with Gasteiger partial charge in [-0.3, -0.25) is 14.8 Å². The van der Waals surface area contributed by atoms with Crippen molar-refractivity contribution in [2.75, 3.05) is 19.5 Å². The normalized spacial score (nSPS) is 13.4. The van der Waals surface area contributed by atoms with Gasteiger partial charge in [-0.15, -0.1) is 0 Å². The smallest absolute Gasteiger partial charge is 0.264 e. The van der Waals surface area contributed by atoms with Crippen LogP contribution in [0.4, 0.5) is 4.39 Å². The van der Waals surface area contributed by atoms with Crippen molar-refractivity contribution < 1.29 is 27.5 Å². The minimum absolute atomic E-state index is 0.0613. The number of sulfone groups is 1. The number of benzene rings is 2. The molecule has 0 bridgehead atoms. The molecule has 1 amide bonds. The highest BCUT2D eigenvalue weighted by molar-refractivity contribution is 7.92. The molecule has 1 heterocycles. The van der Waals surface area contributed by atoms with E-state index in [1.54, 1.807) is 36.4 Å². The van der Waals surface area contributed by atoms with E-state index in [4.69, 9.17) is 9.94 Å². The Balaban J connectivity index is 1.81. The van der Waals surface area contributed by atoms with Crippen LogP contribution < -0.4 is 11.0 Å². The molecular formula is C27H33FN2O6S. The average Bonchev–Trinajstić information content (AvgIpc) is 2.86. The van der Waals surface area contributed by atoms with Gasteiger partial charge >= 0.3 is 0 Å². The summed E-state index contributed by atoms with van der Waals surface area (Å²) in [5.41, 5.74) is 3.01. The molecule has 1 aromatic heterocycles. The predicted molar refractivity (Wildman–Crippen MR) is 141 cm³/mol. The standard InChI is InChI=1S/C27H33FN2O6S/c1-4-36-16-6-5-7-19-8-10-22(24(28)17-19)20-9-11-23-21(18-20)12-14-30(25(23)31)15-13-27(2,26(32)29-33)37(3,34)35/h8-12,14,17-18,33H,4-7,13,15-16H2,1-3H3,(H,29,32)/t27-/m1/s1. The van der Waals surface area contributed by atoms with Crippen LogP contribution in [0.25, 0.3) is 21.9 Å². The lowest BCUT2D eigenvalue weighted by molar-refractivity contribution is -0.131. The van der Waals surface area contributed by atoms with Crippen molar-refractivity contribution in [1.29, 1.82) is 0 Å². The topological polar surface area (TPSA) is 115 Å². The third-order valence-corrected chi connectivity index (χ3v) is 8.79. The van der Waals surface area contributed by atoms with Crippen LogP contribution >= 0.6 is 0 Å². The van der Waals surface area contributed by atoms with Crippen LogP contribution in [-0.2, 0) is 32.3 Å². The molecule has 0 saturated carbocycles. The maximum Gasteiger partial charge on any atom is 0.264 e. The number of hydroxylamine groups is 1. The predicted octanol–water partition coefficient (Wildman–Crippen LogP) is 3.87. The first-order valence-electron chi connectivity index (χ1n) is 12.2. The van der Waals surface area contributed by atoms with Crippen LogP contribution in [0, 0.1) is 5.82 Å². The number of rotatable bonds is 12. The molecule has 37 heavy (non-hydrogen) atoms. The molecule has 8 nitrogen and oxygen atoms in total. The Morgan fingerprint density at radius 3 is 2.57 bits per heavy atom. The number of hydrogen-bond acceptors (Lipinski definition) is 6. The van der Waals surface area contributed by atoms with Crippen LogP contribution in [0.2, 0.25) is 0 Å². The average molecular weight is 533 g/mol. The summed E-state index contributed by atoms with van der Waals surface area (Å²) in [6, 6.07) is 11.9. The Morgan fingerprint density at radius 2 is 1.92 bits per heavy atom. The second-order valence-electron chi connectivity index (χ2n) is 9.28. The fraction of sp³-hybridized carbons (Fsp3) is 0.407. The summed E-state index contributed by atoms with van der Waals surface area (Å²) in [6.45, 7) is 4.48. The van der Waals surface area contributed by atoms with Gasteiger partial charge in [-0.05, 0) is 80.3 Å². The highest BCUT2D eigenvalue weighted by Gasteiger charge is 2.43. The molecule has 2 aromatic carbocycles. The zero-order chi connectivity index (χ0) is 27.2. The van der Waals surface area contributed by atoms with E-state index in [1.807, 2.05) is 13.0 Å². The van der Waals surface area contributed by atoms with Gasteiger partial charge in [0.15, 0.2) is 14.6 Å². The van der Waals surface area contributed by atoms with Crippen LogP contribution in [0.1, 0.15) is 38.7 Å². The second-order valence-corrected chi connectivity index (χ2v) is 11.7. The quantitative estimate of drug-likeness (QED) is 0.208. The number of aromatic nitrogens is 1. The number of carbonyl (C=O) groups is 1. The first-order chi connectivity index (χ1) is 17.5. The highest BCUT2D eigenvalue weighted by Crippen LogP contribution is 2.27. The largest absolute Gasteiger partial charge is 0.382 e. The molecule has 0 radical (unpaired) electrons. The number of halogens is 1. The molecule has 200 valence electrons. The van der Waals surface area contributed by atoms with E-state index in [0.717, 1.165) is 31.1 Å². The molecule has 1 atom stereocenters. The number of pyridine rings is 1. The number of ether oxygens (including phenoxy) is 1. The molecule has 3 aromatic rings. The number of amides is 1. The number of nitrogens with zero attached hydrogens (tertiary/aromatic N) is 1. The van der Waals surface area contributed by atoms with Crippen molar-refractivity contribution in [3.05, 3.63) is 70.4 Å². The van der Waals surface area contributed by atoms with E-state index >= 15 is 0 Å². The van der Waals surface area contributed by atoms with Gasteiger partial charge in [0, 0.05) is 43.2 Å². The summed E-state index contributed by atoms with van der Waals surface area (Å²) >= 11 is 0. The zero-order valence-electron chi connectivity index (χ0n) is 21.3. The first kappa shape index (κ1) is 28.5. The molecule has 2 N–H and O–H groups in total. The first-order valence-corrected chi connectivity index (χ1v) is 14.0. The molecule has 0 aliphatic heterocycles. The van der Waals surface area contributed by atoms with E-state index in [1.165, 1.54) is 23.2 Å². The van der Waals surface area contributed by atoms with Gasteiger partial charge in [0.2, 0.25) is 0 Å². The number of unbranched alkanes of at least 4 members (excludes halogenated alkanes) is 1. The van der Waals surface area contributed by atoms with Crippen molar-refractivity contribution in [3.63, 3.8) is 0 Å². The third kappa shape index (κ3) is 6.44. The van der Waals surface area contributed by atoms with E-state index in [2.05, 4.69) is 0 Å². The summed E-state index contributed by atoms with van der Waals surface area (Å²) in [6.07, 6.45) is 4.79. The van der Waals surface area contributed by atoms with Crippen molar-refractivity contribution in [1.82, 2.24) is 10.0 Å². The molecular weight excluding hydrogens is 499 g/mol. The SMILES string of the molecule is CCOCCCCc1ccc(-c2ccc3c(=O)n(CC[C@](C)(C(=O)NO)S(C)(=O)=O)ccc3c2)c(F)c1. The molecule has 0 spiro atoms. The third-order valence-electron chi connectivity index (χ3n) is 6.76. The lowest BCUT2D eigenvalue weighted by Gasteiger charge is -2.25. The van der Waals surface area contributed by atoms with E-state index in [0.29, 0.717) is 35.1 Å². The lowest BCUT2D eigenvalue weighted by Crippen LogP contribution is -2.49. The van der Waals surface area contributed by atoms with Crippen LogP contribution in [0.5, 0.6) is 0 Å². The van der Waals surface area contributed by atoms with Gasteiger partial charge in [-0.2, -0.15) is 0 Å². The Labute approximate surface area is 216 Å². The van der Waals surface area contributed by atoms with E-state index < -0.39 is 20.5 Å². The maximum absolute atomic E-state index is 14.9. The molecule has 0 fully saturated rings. The second kappa shape index (κ2) is 12.0. The van der Waals surface area contributed by atoms with Crippen LogP contribution in [0.3, 0.4) is 0 Å². The Morgan fingerprint density at radius 1 is 1.16 bits per heavy atom. The van der Waals surface area contributed by atoms with Gasteiger partial charge in [0.25, 0.3) is 11.5 Å². The summed E-state index contributed by atoms with van der Waals surface area (Å²) in [5.74, 6) is -1.40. The zero-order valence-corrected chi connectivity index (χ0v) is 22.1. The number of aryl methyl sites for hydroxylation is 2. The Bertz CT molecular complexity index is 1440. The minimum Gasteiger partial charge on any atom is -0.382 e. The van der Waals surface area contributed by atoms with Gasteiger partial charge < -0.3 is 9.30 Å². The van der Waals surface area contributed by atoms with Gasteiger partial charge in [-0.25, -0.2) is 18.3 Å². The van der Waals surface area contributed by atoms with Gasteiger partial charge in [0.05, 0.1) is 0 Å². The fourth-order valence-corrected chi connectivity index (χ4v) is 5.02. The Hall–Kier alpha value is -3.08. The minimum atomic E-state index is -3.88. The lowest BCUT2D eigenvalue weighted by atomic mass is 9.99. The summed E-state index contributed by atoms with van der Waals surface area (Å²) in [7, 11) is -3.88. The molecule has 0 unspecified atom stereocenters. The summed E-state index contributed by atoms with van der Waals surface area (Å²) in [4.78, 5) is 25.1. The van der Waals surface area contributed by atoms with Crippen LogP contribution in [0.15, 0.2) is 53.5 Å². The van der Waals surface area contributed by atoms with Crippen molar-refractivity contribution in [2.24, 2.45) is 0 Å². The number of hydrogen-bond donors (Lipinski definition) is 2. The van der Waals surface area contributed by atoms with Gasteiger partial charge in [0.1, 0.15) is 5.82 Å². The Kier molecular flexibility index (Phi) is 9.22. The van der Waals surface area contributed by atoms with Crippen molar-refractivity contribution in [3.8, 4) is 11.1 Å². The molecule has 0 aliphatic carbocycles. The molecule has 3 rings (SSSR count). The van der Waals surface area contributed by atoms with E-state index in [9.17, 15) is 22.4 Å². The van der Waals surface area contributed by atoms with E-state index in [-0.39, 0.29) is 24.3 Å². The number of nitrogens with one attached hydrogen (secondary N) is 1. The summed E-state index contributed by atoms with van der Waals surface area (Å²) < 4.78 is 44.0. The molecule has 0 aliphatic rings. The van der Waals surface area contributed by atoms with Crippen molar-refractivity contribution >= 4 is 26.5 Å². The molecule has 0 saturated heterocycles. The fourth-order valence-electron chi connectivity index (χ4n) is 4.18. The van der Waals surface area contributed by atoms with Crippen molar-refractivity contribution in [2.45, 2.75) is 50.8 Å². The molecule has 10 heteroatoms.